The van der Waals surface area contributed by atoms with Crippen LogP contribution >= 0.6 is 7.82 Å². The van der Waals surface area contributed by atoms with Crippen molar-refractivity contribution in [3.8, 4) is 5.75 Å². The average molecular weight is 345 g/mol. The van der Waals surface area contributed by atoms with Crippen molar-refractivity contribution in [1.29, 1.82) is 0 Å². The van der Waals surface area contributed by atoms with E-state index in [1.54, 1.807) is 0 Å². The standard InChI is InChI=1S/C12H17N2O8P/c1-7-11(16)8(5-13-3-2-10(15)12(17)18)4-9(14-7)6-22-23(19,20)21/h4-5,10,15-16H,2-3,6H2,1H3,(H,17,18)(H2,19,20,21)/p-3/t10-/m1/s1. The van der Waals surface area contributed by atoms with Crippen molar-refractivity contribution in [1.82, 2.24) is 4.98 Å². The van der Waals surface area contributed by atoms with Gasteiger partial charge in [0.05, 0.1) is 37.9 Å². The van der Waals surface area contributed by atoms with Gasteiger partial charge in [-0.1, -0.05) is 0 Å². The maximum Gasteiger partial charge on any atom is 0.145 e. The van der Waals surface area contributed by atoms with E-state index >= 15 is 0 Å². The lowest BCUT2D eigenvalue weighted by Gasteiger charge is -2.28. The molecular formula is C12H14N2O8P-3. The molecule has 0 radical (unpaired) electrons. The van der Waals surface area contributed by atoms with Gasteiger partial charge in [0.15, 0.2) is 0 Å². The van der Waals surface area contributed by atoms with Crippen LogP contribution in [0.15, 0.2) is 11.1 Å². The summed E-state index contributed by atoms with van der Waals surface area (Å²) in [6.45, 7) is 0.817. The van der Waals surface area contributed by atoms with Crippen molar-refractivity contribution in [2.75, 3.05) is 6.54 Å². The predicted molar refractivity (Wildman–Crippen MR) is 71.1 cm³/mol. The number of aryl methyl sites for hydroxylation is 1. The first-order valence-corrected chi connectivity index (χ1v) is 7.81. The molecule has 0 aliphatic carbocycles. The normalized spacial score (nSPS) is 13.4. The van der Waals surface area contributed by atoms with E-state index in [2.05, 4.69) is 14.5 Å². The fourth-order valence-electron chi connectivity index (χ4n) is 1.55. The van der Waals surface area contributed by atoms with Crippen molar-refractivity contribution in [3.63, 3.8) is 0 Å². The maximum atomic E-state index is 10.4. The Hall–Kier alpha value is -1.84. The average Bonchev–Trinajstić information content (AvgIpc) is 2.44. The highest BCUT2D eigenvalue weighted by Gasteiger charge is 2.08. The third kappa shape index (κ3) is 6.85. The van der Waals surface area contributed by atoms with Crippen molar-refractivity contribution in [2.24, 2.45) is 4.99 Å². The second-order valence-electron chi connectivity index (χ2n) is 4.52. The number of phosphoric acid groups is 1. The van der Waals surface area contributed by atoms with Gasteiger partial charge in [-0.15, -0.1) is 0 Å². The number of aromatic hydroxyl groups is 1. The zero-order valence-electron chi connectivity index (χ0n) is 12.0. The second-order valence-corrected chi connectivity index (χ2v) is 5.67. The van der Waals surface area contributed by atoms with Gasteiger partial charge in [-0.3, -0.25) is 9.98 Å². The number of aliphatic hydroxyl groups is 1. The largest absolute Gasteiger partial charge is 0.790 e. The number of nitrogens with zero attached hydrogens (tertiary/aromatic N) is 2. The number of aliphatic hydroxyl groups excluding tert-OH is 1. The van der Waals surface area contributed by atoms with Gasteiger partial charge in [0.2, 0.25) is 0 Å². The number of aromatic nitrogens is 1. The third-order valence-corrected chi connectivity index (χ3v) is 3.10. The van der Waals surface area contributed by atoms with E-state index in [0.717, 1.165) is 0 Å². The van der Waals surface area contributed by atoms with Crippen LogP contribution in [0.4, 0.5) is 0 Å². The van der Waals surface area contributed by atoms with Gasteiger partial charge in [0, 0.05) is 18.3 Å². The summed E-state index contributed by atoms with van der Waals surface area (Å²) in [7, 11) is -5.15. The third-order valence-electron chi connectivity index (χ3n) is 2.65. The molecule has 0 aliphatic rings. The quantitative estimate of drug-likeness (QED) is 0.376. The van der Waals surface area contributed by atoms with Crippen LogP contribution in [0.2, 0.25) is 0 Å². The molecule has 11 heteroatoms. The number of carbonyl (C=O) groups excluding carboxylic acids is 1. The fraction of sp³-hybridized carbons (Fsp3) is 0.417. The molecule has 0 amide bonds. The lowest BCUT2D eigenvalue weighted by molar-refractivity contribution is -0.342. The molecule has 0 spiro atoms. The highest BCUT2D eigenvalue weighted by molar-refractivity contribution is 7.43. The first-order valence-electron chi connectivity index (χ1n) is 6.35. The molecule has 0 bridgehead atoms. The predicted octanol–water partition coefficient (Wildman–Crippen LogP) is -2.64. The second kappa shape index (κ2) is 8.14. The lowest BCUT2D eigenvalue weighted by atomic mass is 10.2. The van der Waals surface area contributed by atoms with Crippen LogP contribution in [0.1, 0.15) is 23.4 Å². The Morgan fingerprint density at radius 2 is 2.22 bits per heavy atom. The Kier molecular flexibility index (Phi) is 6.79. The van der Waals surface area contributed by atoms with Gasteiger partial charge in [-0.05, 0) is 19.4 Å². The number of phosphoric ester groups is 1. The molecule has 0 aliphatic heterocycles. The monoisotopic (exact) mass is 345 g/mol. The number of pyridine rings is 1. The van der Waals surface area contributed by atoms with E-state index in [1.807, 2.05) is 0 Å². The van der Waals surface area contributed by atoms with Crippen molar-refractivity contribution < 1.29 is 39.0 Å². The van der Waals surface area contributed by atoms with Gasteiger partial charge in [0.25, 0.3) is 0 Å². The fourth-order valence-corrected chi connectivity index (χ4v) is 1.84. The molecule has 0 fully saturated rings. The van der Waals surface area contributed by atoms with Gasteiger partial charge in [0.1, 0.15) is 5.75 Å². The summed E-state index contributed by atoms with van der Waals surface area (Å²) in [5, 5.41) is 29.1. The van der Waals surface area contributed by atoms with Crippen LogP contribution in [-0.2, 0) is 20.5 Å². The molecule has 0 saturated carbocycles. The zero-order chi connectivity index (χ0) is 17.6. The first kappa shape index (κ1) is 19.2. The molecule has 1 aromatic rings. The molecule has 128 valence electrons. The smallest absolute Gasteiger partial charge is 0.145 e. The molecule has 10 nitrogen and oxygen atoms in total. The Morgan fingerprint density at radius 3 is 2.78 bits per heavy atom. The molecule has 1 rings (SSSR count). The Bertz CT molecular complexity index is 642. The summed E-state index contributed by atoms with van der Waals surface area (Å²) in [4.78, 5) is 38.9. The minimum absolute atomic E-state index is 0.0435. The summed E-state index contributed by atoms with van der Waals surface area (Å²) in [6, 6.07) is 1.26. The Balaban J connectivity index is 2.79. The maximum absolute atomic E-state index is 10.4. The van der Waals surface area contributed by atoms with Crippen LogP contribution in [0.5, 0.6) is 5.75 Å². The minimum Gasteiger partial charge on any atom is -0.790 e. The first-order chi connectivity index (χ1) is 10.6. The molecule has 1 aromatic heterocycles. The van der Waals surface area contributed by atoms with E-state index in [9.17, 15) is 29.4 Å². The topological polar surface area (TPSA) is 178 Å². The lowest BCUT2D eigenvalue weighted by Crippen LogP contribution is -2.35. The molecule has 1 heterocycles. The Morgan fingerprint density at radius 1 is 1.57 bits per heavy atom. The molecule has 0 unspecified atom stereocenters. The highest BCUT2D eigenvalue weighted by atomic mass is 31.2. The summed E-state index contributed by atoms with van der Waals surface area (Å²) >= 11 is 0. The number of hydrogen-bond acceptors (Lipinski definition) is 10. The van der Waals surface area contributed by atoms with Gasteiger partial charge in [-0.25, -0.2) is 0 Å². The number of rotatable bonds is 8. The van der Waals surface area contributed by atoms with E-state index in [0.29, 0.717) is 0 Å². The number of carboxylic acids is 1. The van der Waals surface area contributed by atoms with Crippen molar-refractivity contribution >= 4 is 20.0 Å². The van der Waals surface area contributed by atoms with Crippen LogP contribution in [0, 0.1) is 6.92 Å². The summed E-state index contributed by atoms with van der Waals surface area (Å²) in [6.07, 6.45) is -0.620. The summed E-state index contributed by atoms with van der Waals surface area (Å²) in [5.74, 6) is -1.83. The van der Waals surface area contributed by atoms with Gasteiger partial charge in [-0.2, -0.15) is 0 Å². The van der Waals surface area contributed by atoms with Gasteiger partial charge < -0.3 is 39.0 Å². The van der Waals surface area contributed by atoms with Crippen LogP contribution in [0.3, 0.4) is 0 Å². The number of aliphatic carboxylic acids is 1. The number of aliphatic imine (C=N–C) groups is 1. The zero-order valence-corrected chi connectivity index (χ0v) is 12.9. The van der Waals surface area contributed by atoms with Crippen LogP contribution in [0.25, 0.3) is 0 Å². The SMILES string of the molecule is Cc1nc(COP(=O)([O-])[O-])cc(C=NCC[C@@H](O)C(=O)[O-])c1O. The number of carboxylic acid groups (broad SMARTS) is 1. The molecule has 23 heavy (non-hydrogen) atoms. The van der Waals surface area contributed by atoms with E-state index in [4.69, 9.17) is 5.11 Å². The number of hydrogen-bond donors (Lipinski definition) is 2. The number of carbonyl (C=O) groups is 1. The van der Waals surface area contributed by atoms with Gasteiger partial charge >= 0.3 is 0 Å². The van der Waals surface area contributed by atoms with Crippen molar-refractivity contribution in [2.45, 2.75) is 26.1 Å². The van der Waals surface area contributed by atoms with E-state index in [-0.39, 0.29) is 35.7 Å². The van der Waals surface area contributed by atoms with E-state index < -0.39 is 26.5 Å². The highest BCUT2D eigenvalue weighted by Crippen LogP contribution is 2.27. The molecule has 0 aromatic carbocycles. The molecule has 1 atom stereocenters. The minimum atomic E-state index is -5.15. The van der Waals surface area contributed by atoms with E-state index in [1.165, 1.54) is 19.2 Å². The summed E-state index contributed by atoms with van der Waals surface area (Å²) in [5.41, 5.74) is 0.420. The Labute approximate surface area is 131 Å². The van der Waals surface area contributed by atoms with Crippen LogP contribution in [-0.4, -0.2) is 40.0 Å². The summed E-state index contributed by atoms with van der Waals surface area (Å²) < 4.78 is 14.5. The molecular weight excluding hydrogens is 331 g/mol. The van der Waals surface area contributed by atoms with Crippen LogP contribution < -0.4 is 14.9 Å². The van der Waals surface area contributed by atoms with Crippen molar-refractivity contribution in [3.05, 3.63) is 23.0 Å². The molecule has 2 N–H and O–H groups in total. The molecule has 0 saturated heterocycles.